The summed E-state index contributed by atoms with van der Waals surface area (Å²) in [4.78, 5) is 8.85. The molecule has 2 aromatic heterocycles. The van der Waals surface area contributed by atoms with Gasteiger partial charge in [0.05, 0.1) is 16.2 Å². The molecule has 6 heteroatoms. The normalized spacial score (nSPS) is 16.6. The van der Waals surface area contributed by atoms with Crippen LogP contribution < -0.4 is 5.32 Å². The molecule has 33 heavy (non-hydrogen) atoms. The largest absolute Gasteiger partial charge is 0.380 e. The van der Waals surface area contributed by atoms with Crippen molar-refractivity contribution in [2.75, 3.05) is 13.1 Å². The highest BCUT2D eigenvalue weighted by Gasteiger charge is 2.41. The number of hydrogen-bond acceptors (Lipinski definition) is 4. The first-order valence-corrected chi connectivity index (χ1v) is 11.6. The van der Waals surface area contributed by atoms with Crippen LogP contribution in [-0.4, -0.2) is 28.2 Å². The summed E-state index contributed by atoms with van der Waals surface area (Å²) in [6, 6.07) is 18.9. The van der Waals surface area contributed by atoms with Crippen molar-refractivity contribution in [3.8, 4) is 11.1 Å². The molecule has 2 N–H and O–H groups in total. The second-order valence-corrected chi connectivity index (χ2v) is 8.89. The third kappa shape index (κ3) is 3.90. The van der Waals surface area contributed by atoms with Gasteiger partial charge in [0, 0.05) is 28.9 Å². The fraction of sp³-hybridized carbons (Fsp3) is 0.259. The molecule has 0 amide bonds. The number of alkyl halides is 1. The first-order chi connectivity index (χ1) is 16.1. The molecule has 1 aliphatic rings. The van der Waals surface area contributed by atoms with Gasteiger partial charge in [-0.1, -0.05) is 54.1 Å². The van der Waals surface area contributed by atoms with Crippen LogP contribution in [0.3, 0.4) is 0 Å². The van der Waals surface area contributed by atoms with E-state index < -0.39 is 12.3 Å². The van der Waals surface area contributed by atoms with E-state index in [9.17, 15) is 9.50 Å². The monoisotopic (exact) mass is 461 g/mol. The van der Waals surface area contributed by atoms with Crippen molar-refractivity contribution in [1.29, 1.82) is 0 Å². The molecule has 0 radical (unpaired) electrons. The van der Waals surface area contributed by atoms with Gasteiger partial charge in [-0.05, 0) is 61.2 Å². The standard InChI is InChI=1S/C27H25ClFN3O/c28-26-22-15-20(27(33,19-10-13-30-14-11-19)21-7-4-12-31-17-21)8-9-23(22)32-24(16-29)25(26)18-5-2-1-3-6-18/h1-9,12,15,17,19,30,33H,10-11,13-14,16H2. The second kappa shape index (κ2) is 9.18. The molecule has 1 atom stereocenters. The van der Waals surface area contributed by atoms with E-state index in [0.717, 1.165) is 42.6 Å². The molecule has 0 bridgehead atoms. The van der Waals surface area contributed by atoms with Gasteiger partial charge in [-0.3, -0.25) is 4.98 Å². The Bertz CT molecular complexity index is 1260. The number of rotatable bonds is 5. The zero-order valence-electron chi connectivity index (χ0n) is 18.1. The van der Waals surface area contributed by atoms with Crippen molar-refractivity contribution in [2.24, 2.45) is 5.92 Å². The maximum atomic E-state index is 13.9. The third-order valence-electron chi connectivity index (χ3n) is 6.66. The number of hydrogen-bond donors (Lipinski definition) is 2. The van der Waals surface area contributed by atoms with Crippen LogP contribution in [0, 0.1) is 5.92 Å². The van der Waals surface area contributed by atoms with Gasteiger partial charge in [-0.25, -0.2) is 9.37 Å². The van der Waals surface area contributed by atoms with E-state index in [2.05, 4.69) is 15.3 Å². The fourth-order valence-corrected chi connectivity index (χ4v) is 5.34. The van der Waals surface area contributed by atoms with Crippen LogP contribution in [0.2, 0.25) is 5.02 Å². The summed E-state index contributed by atoms with van der Waals surface area (Å²) in [5.74, 6) is 0.0193. The summed E-state index contributed by atoms with van der Waals surface area (Å²) < 4.78 is 13.9. The van der Waals surface area contributed by atoms with Crippen molar-refractivity contribution in [1.82, 2.24) is 15.3 Å². The number of halogens is 2. The van der Waals surface area contributed by atoms with E-state index in [1.54, 1.807) is 12.4 Å². The minimum absolute atomic E-state index is 0.0193. The van der Waals surface area contributed by atoms with Crippen LogP contribution in [0.5, 0.6) is 0 Å². The molecule has 2 aromatic carbocycles. The van der Waals surface area contributed by atoms with E-state index >= 15 is 0 Å². The highest BCUT2D eigenvalue weighted by atomic mass is 35.5. The van der Waals surface area contributed by atoms with Crippen LogP contribution in [0.15, 0.2) is 73.1 Å². The van der Waals surface area contributed by atoms with Crippen LogP contribution in [0.25, 0.3) is 22.0 Å². The van der Waals surface area contributed by atoms with Crippen molar-refractivity contribution in [3.63, 3.8) is 0 Å². The molecule has 168 valence electrons. The number of pyridine rings is 2. The van der Waals surface area contributed by atoms with Crippen LogP contribution in [0.1, 0.15) is 29.7 Å². The first-order valence-electron chi connectivity index (χ1n) is 11.2. The molecule has 0 aliphatic carbocycles. The zero-order chi connectivity index (χ0) is 22.8. The van der Waals surface area contributed by atoms with E-state index in [-0.39, 0.29) is 5.92 Å². The van der Waals surface area contributed by atoms with Crippen LogP contribution in [0.4, 0.5) is 4.39 Å². The Morgan fingerprint density at radius 3 is 2.52 bits per heavy atom. The van der Waals surface area contributed by atoms with Crippen molar-refractivity contribution >= 4 is 22.5 Å². The quantitative estimate of drug-likeness (QED) is 0.403. The van der Waals surface area contributed by atoms with Gasteiger partial charge in [0.15, 0.2) is 0 Å². The van der Waals surface area contributed by atoms with Gasteiger partial charge < -0.3 is 10.4 Å². The number of benzene rings is 2. The van der Waals surface area contributed by atoms with Crippen LogP contribution >= 0.6 is 11.6 Å². The molecular weight excluding hydrogens is 437 g/mol. The van der Waals surface area contributed by atoms with Gasteiger partial charge in [-0.2, -0.15) is 0 Å². The molecule has 1 aliphatic heterocycles. The van der Waals surface area contributed by atoms with Gasteiger partial charge in [-0.15, -0.1) is 0 Å². The number of piperidine rings is 1. The predicted octanol–water partition coefficient (Wildman–Crippen LogP) is 5.66. The number of nitrogens with zero attached hydrogens (tertiary/aromatic N) is 2. The molecule has 1 saturated heterocycles. The minimum atomic E-state index is -1.22. The number of aromatic nitrogens is 2. The van der Waals surface area contributed by atoms with Gasteiger partial charge in [0.1, 0.15) is 12.3 Å². The lowest BCUT2D eigenvalue weighted by Gasteiger charge is -2.39. The number of aliphatic hydroxyl groups is 1. The molecule has 5 rings (SSSR count). The SMILES string of the molecule is OC(c1cccnc1)(c1ccc2nc(CF)c(-c3ccccc3)c(Cl)c2c1)C1CCNCC1. The van der Waals surface area contributed by atoms with E-state index in [4.69, 9.17) is 11.6 Å². The molecule has 0 spiro atoms. The lowest BCUT2D eigenvalue weighted by atomic mass is 9.72. The summed E-state index contributed by atoms with van der Waals surface area (Å²) >= 11 is 6.90. The minimum Gasteiger partial charge on any atom is -0.380 e. The zero-order valence-corrected chi connectivity index (χ0v) is 18.9. The van der Waals surface area contributed by atoms with Crippen molar-refractivity contribution < 1.29 is 9.50 Å². The topological polar surface area (TPSA) is 58.0 Å². The predicted molar refractivity (Wildman–Crippen MR) is 130 cm³/mol. The lowest BCUT2D eigenvalue weighted by molar-refractivity contribution is 0.00218. The highest BCUT2D eigenvalue weighted by Crippen LogP contribution is 2.43. The van der Waals surface area contributed by atoms with Crippen LogP contribution in [-0.2, 0) is 12.3 Å². The second-order valence-electron chi connectivity index (χ2n) is 8.51. The molecule has 4 aromatic rings. The summed E-state index contributed by atoms with van der Waals surface area (Å²) in [5.41, 5.74) is 2.60. The Labute approximate surface area is 197 Å². The van der Waals surface area contributed by atoms with Gasteiger partial charge in [0.25, 0.3) is 0 Å². The van der Waals surface area contributed by atoms with E-state index in [1.807, 2.05) is 60.7 Å². The third-order valence-corrected chi connectivity index (χ3v) is 7.05. The maximum Gasteiger partial charge on any atom is 0.132 e. The molecule has 1 fully saturated rings. The Morgan fingerprint density at radius 1 is 1.03 bits per heavy atom. The maximum absolute atomic E-state index is 13.9. The van der Waals surface area contributed by atoms with Crippen molar-refractivity contribution in [2.45, 2.75) is 25.1 Å². The number of nitrogens with one attached hydrogen (secondary N) is 1. The fourth-order valence-electron chi connectivity index (χ4n) is 4.97. The Hall–Kier alpha value is -2.86. The average Bonchev–Trinajstić information content (AvgIpc) is 2.89. The Kier molecular flexibility index (Phi) is 6.11. The smallest absolute Gasteiger partial charge is 0.132 e. The Morgan fingerprint density at radius 2 is 1.82 bits per heavy atom. The lowest BCUT2D eigenvalue weighted by Crippen LogP contribution is -2.42. The average molecular weight is 462 g/mol. The summed E-state index contributed by atoms with van der Waals surface area (Å²) in [6.07, 6.45) is 5.11. The first kappa shape index (κ1) is 22.0. The molecule has 4 nitrogen and oxygen atoms in total. The van der Waals surface area contributed by atoms with Gasteiger partial charge in [0.2, 0.25) is 0 Å². The van der Waals surface area contributed by atoms with E-state index in [0.29, 0.717) is 27.2 Å². The summed E-state index contributed by atoms with van der Waals surface area (Å²) in [7, 11) is 0. The Balaban J connectivity index is 1.72. The van der Waals surface area contributed by atoms with E-state index in [1.165, 1.54) is 0 Å². The highest BCUT2D eigenvalue weighted by molar-refractivity contribution is 6.38. The molecule has 3 heterocycles. The van der Waals surface area contributed by atoms with Gasteiger partial charge >= 0.3 is 0 Å². The molecule has 0 saturated carbocycles. The number of fused-ring (bicyclic) bond motifs is 1. The summed E-state index contributed by atoms with van der Waals surface area (Å²) in [5, 5.41) is 16.7. The van der Waals surface area contributed by atoms with Crippen molar-refractivity contribution in [3.05, 3.63) is 94.9 Å². The molecule has 1 unspecified atom stereocenters. The summed E-state index contributed by atoms with van der Waals surface area (Å²) in [6.45, 7) is 0.985. The molecular formula is C27H25ClFN3O.